The first kappa shape index (κ1) is 14.3. The molecule has 0 bridgehead atoms. The van der Waals surface area contributed by atoms with E-state index < -0.39 is 0 Å². The van der Waals surface area contributed by atoms with Gasteiger partial charge in [-0.05, 0) is 42.3 Å². The van der Waals surface area contributed by atoms with E-state index in [9.17, 15) is 0 Å². The number of aromatic nitrogens is 1. The summed E-state index contributed by atoms with van der Waals surface area (Å²) < 4.78 is 0. The molecule has 0 aliphatic heterocycles. The third kappa shape index (κ3) is 3.69. The average Bonchev–Trinajstić information content (AvgIpc) is 2.42. The molecule has 1 N–H and O–H groups in total. The van der Waals surface area contributed by atoms with Gasteiger partial charge in [0.1, 0.15) is 0 Å². The maximum Gasteiger partial charge on any atom is 0.0606 e. The highest BCUT2D eigenvalue weighted by Gasteiger charge is 2.16. The van der Waals surface area contributed by atoms with E-state index in [2.05, 4.69) is 17.2 Å². The maximum atomic E-state index is 6.31. The van der Waals surface area contributed by atoms with E-state index in [4.69, 9.17) is 23.2 Å². The third-order valence-corrected chi connectivity index (χ3v) is 3.45. The number of nitrogens with one attached hydrogen (secondary N) is 1. The van der Waals surface area contributed by atoms with Crippen LogP contribution in [0, 0.1) is 0 Å². The summed E-state index contributed by atoms with van der Waals surface area (Å²) in [5.41, 5.74) is 2.12. The van der Waals surface area contributed by atoms with Gasteiger partial charge < -0.3 is 5.32 Å². The minimum Gasteiger partial charge on any atom is -0.306 e. The summed E-state index contributed by atoms with van der Waals surface area (Å²) in [4.78, 5) is 4.18. The number of rotatable bonds is 5. The number of nitrogens with zero attached hydrogens (tertiary/aromatic N) is 1. The number of hydrogen-bond donors (Lipinski definition) is 1. The summed E-state index contributed by atoms with van der Waals surface area (Å²) in [6.45, 7) is 3.05. The molecule has 1 atom stereocenters. The van der Waals surface area contributed by atoms with Crippen LogP contribution < -0.4 is 5.32 Å². The second-order valence-corrected chi connectivity index (χ2v) is 5.18. The highest BCUT2D eigenvalue weighted by Crippen LogP contribution is 2.30. The molecule has 0 amide bonds. The first-order chi connectivity index (χ1) is 9.22. The van der Waals surface area contributed by atoms with Crippen molar-refractivity contribution in [3.8, 4) is 0 Å². The molecule has 0 radical (unpaired) electrons. The van der Waals surface area contributed by atoms with Crippen molar-refractivity contribution in [2.45, 2.75) is 19.4 Å². The van der Waals surface area contributed by atoms with Gasteiger partial charge in [-0.2, -0.15) is 0 Å². The lowest BCUT2D eigenvalue weighted by Crippen LogP contribution is -2.23. The Bertz CT molecular complexity index is 529. The fourth-order valence-corrected chi connectivity index (χ4v) is 2.50. The normalized spacial score (nSPS) is 12.4. The van der Waals surface area contributed by atoms with Crippen LogP contribution in [0.5, 0.6) is 0 Å². The topological polar surface area (TPSA) is 24.9 Å². The standard InChI is InChI=1S/C15H16Cl2N2/c1-2-7-19-15(11-4-3-8-18-10-11)13-6-5-12(16)9-14(13)17/h3-6,8-10,15,19H,2,7H2,1H3. The number of halogens is 2. The van der Waals surface area contributed by atoms with Gasteiger partial charge in [-0.1, -0.05) is 42.3 Å². The lowest BCUT2D eigenvalue weighted by molar-refractivity contribution is 0.597. The van der Waals surface area contributed by atoms with Crippen molar-refractivity contribution < 1.29 is 0 Å². The van der Waals surface area contributed by atoms with Gasteiger partial charge in [0.2, 0.25) is 0 Å². The van der Waals surface area contributed by atoms with Crippen LogP contribution in [0.25, 0.3) is 0 Å². The van der Waals surface area contributed by atoms with Crippen LogP contribution in [-0.4, -0.2) is 11.5 Å². The fourth-order valence-electron chi connectivity index (χ4n) is 1.98. The molecule has 100 valence electrons. The van der Waals surface area contributed by atoms with Crippen molar-refractivity contribution >= 4 is 23.2 Å². The molecule has 1 aromatic carbocycles. The molecule has 4 heteroatoms. The van der Waals surface area contributed by atoms with Crippen molar-refractivity contribution in [1.82, 2.24) is 10.3 Å². The van der Waals surface area contributed by atoms with Gasteiger partial charge in [-0.15, -0.1) is 0 Å². The molecule has 0 saturated heterocycles. The van der Waals surface area contributed by atoms with E-state index in [-0.39, 0.29) is 6.04 Å². The SMILES string of the molecule is CCCNC(c1cccnc1)c1ccc(Cl)cc1Cl. The van der Waals surface area contributed by atoms with E-state index >= 15 is 0 Å². The zero-order valence-corrected chi connectivity index (χ0v) is 12.2. The molecule has 0 aliphatic carbocycles. The van der Waals surface area contributed by atoms with Crippen LogP contribution in [0.15, 0.2) is 42.7 Å². The highest BCUT2D eigenvalue weighted by atomic mass is 35.5. The Morgan fingerprint density at radius 1 is 1.26 bits per heavy atom. The monoisotopic (exact) mass is 294 g/mol. The Balaban J connectivity index is 2.37. The first-order valence-electron chi connectivity index (χ1n) is 6.30. The molecular formula is C15H16Cl2N2. The first-order valence-corrected chi connectivity index (χ1v) is 7.06. The van der Waals surface area contributed by atoms with E-state index in [0.29, 0.717) is 10.0 Å². The molecule has 2 rings (SSSR count). The van der Waals surface area contributed by atoms with Gasteiger partial charge in [-0.25, -0.2) is 0 Å². The Morgan fingerprint density at radius 3 is 2.74 bits per heavy atom. The second-order valence-electron chi connectivity index (χ2n) is 4.34. The van der Waals surface area contributed by atoms with Gasteiger partial charge >= 0.3 is 0 Å². The zero-order valence-electron chi connectivity index (χ0n) is 10.7. The summed E-state index contributed by atoms with van der Waals surface area (Å²) in [6.07, 6.45) is 4.68. The zero-order chi connectivity index (χ0) is 13.7. The number of benzene rings is 1. The van der Waals surface area contributed by atoms with Crippen LogP contribution in [-0.2, 0) is 0 Å². The summed E-state index contributed by atoms with van der Waals surface area (Å²) in [5, 5.41) is 4.81. The van der Waals surface area contributed by atoms with E-state index in [0.717, 1.165) is 24.1 Å². The van der Waals surface area contributed by atoms with Gasteiger partial charge in [0.25, 0.3) is 0 Å². The quantitative estimate of drug-likeness (QED) is 0.880. The predicted molar refractivity (Wildman–Crippen MR) is 80.8 cm³/mol. The van der Waals surface area contributed by atoms with Crippen LogP contribution in [0.2, 0.25) is 10.0 Å². The predicted octanol–water partition coefficient (Wildman–Crippen LogP) is 4.48. The summed E-state index contributed by atoms with van der Waals surface area (Å²) in [7, 11) is 0. The highest BCUT2D eigenvalue weighted by molar-refractivity contribution is 6.35. The van der Waals surface area contributed by atoms with Crippen LogP contribution in [0.3, 0.4) is 0 Å². The molecular weight excluding hydrogens is 279 g/mol. The molecule has 0 aliphatic rings. The second kappa shape index (κ2) is 6.90. The van der Waals surface area contributed by atoms with Gasteiger partial charge in [0.15, 0.2) is 0 Å². The number of hydrogen-bond acceptors (Lipinski definition) is 2. The van der Waals surface area contributed by atoms with Gasteiger partial charge in [0.05, 0.1) is 6.04 Å². The van der Waals surface area contributed by atoms with Gasteiger partial charge in [-0.3, -0.25) is 4.98 Å². The lowest BCUT2D eigenvalue weighted by atomic mass is 10.00. The summed E-state index contributed by atoms with van der Waals surface area (Å²) in [5.74, 6) is 0. The van der Waals surface area contributed by atoms with E-state index in [1.165, 1.54) is 0 Å². The molecule has 0 spiro atoms. The minimum atomic E-state index is 0.0402. The molecule has 1 heterocycles. The van der Waals surface area contributed by atoms with Crippen LogP contribution in [0.4, 0.5) is 0 Å². The van der Waals surface area contributed by atoms with Crippen LogP contribution >= 0.6 is 23.2 Å². The van der Waals surface area contributed by atoms with Crippen LogP contribution in [0.1, 0.15) is 30.5 Å². The molecule has 0 fully saturated rings. The molecule has 2 nitrogen and oxygen atoms in total. The Labute approximate surface area is 123 Å². The average molecular weight is 295 g/mol. The van der Waals surface area contributed by atoms with Crippen molar-refractivity contribution in [2.24, 2.45) is 0 Å². The largest absolute Gasteiger partial charge is 0.306 e. The van der Waals surface area contributed by atoms with Crippen molar-refractivity contribution in [2.75, 3.05) is 6.54 Å². The Hall–Kier alpha value is -1.09. The lowest BCUT2D eigenvalue weighted by Gasteiger charge is -2.20. The summed E-state index contributed by atoms with van der Waals surface area (Å²) in [6, 6.07) is 9.61. The fraction of sp³-hybridized carbons (Fsp3) is 0.267. The smallest absolute Gasteiger partial charge is 0.0606 e. The minimum absolute atomic E-state index is 0.0402. The van der Waals surface area contributed by atoms with Crippen molar-refractivity contribution in [1.29, 1.82) is 0 Å². The van der Waals surface area contributed by atoms with Crippen molar-refractivity contribution in [3.05, 3.63) is 63.9 Å². The molecule has 1 aromatic heterocycles. The Kier molecular flexibility index (Phi) is 5.20. The third-order valence-electron chi connectivity index (χ3n) is 2.89. The van der Waals surface area contributed by atoms with Crippen molar-refractivity contribution in [3.63, 3.8) is 0 Å². The molecule has 1 unspecified atom stereocenters. The summed E-state index contributed by atoms with van der Waals surface area (Å²) >= 11 is 12.3. The maximum absolute atomic E-state index is 6.31. The molecule has 2 aromatic rings. The molecule has 19 heavy (non-hydrogen) atoms. The van der Waals surface area contributed by atoms with E-state index in [1.807, 2.05) is 30.5 Å². The number of pyridine rings is 1. The van der Waals surface area contributed by atoms with Gasteiger partial charge in [0, 0.05) is 22.4 Å². The molecule has 0 saturated carbocycles. The Morgan fingerprint density at radius 2 is 2.11 bits per heavy atom. The van der Waals surface area contributed by atoms with E-state index in [1.54, 1.807) is 12.3 Å².